The smallest absolute Gasteiger partial charge is 0.226 e. The number of benzene rings is 2. The third-order valence-electron chi connectivity index (χ3n) is 3.07. The minimum Gasteiger partial charge on any atom is -0.226 e. The molecule has 2 aromatic rings. The van der Waals surface area contributed by atoms with Crippen LogP contribution in [-0.4, -0.2) is 18.2 Å². The summed E-state index contributed by atoms with van der Waals surface area (Å²) in [4.78, 5) is 0. The summed E-state index contributed by atoms with van der Waals surface area (Å²) in [7, 11) is 0. The molecule has 1 nitrogen and oxygen atoms in total. The maximum absolute atomic E-state index is 13.0. The first-order valence-electron chi connectivity index (χ1n) is 5.80. The van der Waals surface area contributed by atoms with Crippen LogP contribution in [0.4, 0.5) is 22.0 Å². The fraction of sp³-hybridized carbons (Fsp3) is 0.286. The molecule has 1 unspecified atom stereocenters. The minimum absolute atomic E-state index is 0.187. The van der Waals surface area contributed by atoms with Gasteiger partial charge in [0.1, 0.15) is 0 Å². The third kappa shape index (κ3) is 2.60. The van der Waals surface area contributed by atoms with Gasteiger partial charge in [-0.2, -0.15) is 22.0 Å². The van der Waals surface area contributed by atoms with Crippen molar-refractivity contribution in [3.05, 3.63) is 48.0 Å². The summed E-state index contributed by atoms with van der Waals surface area (Å²) >= 11 is 0. The summed E-state index contributed by atoms with van der Waals surface area (Å²) < 4.78 is 62.4. The van der Waals surface area contributed by atoms with Crippen molar-refractivity contribution in [3.63, 3.8) is 0 Å². The lowest BCUT2D eigenvalue weighted by Gasteiger charge is -2.23. The molecule has 0 aliphatic heterocycles. The van der Waals surface area contributed by atoms with Gasteiger partial charge in [0.15, 0.2) is 6.10 Å². The molecule has 1 radical (unpaired) electrons. The number of halogens is 5. The topological polar surface area (TPSA) is 19.9 Å². The molecule has 0 saturated carbocycles. The molecular formula is C14H10F5O. The molecule has 0 aromatic heterocycles. The maximum atomic E-state index is 13.0. The average Bonchev–Trinajstić information content (AvgIpc) is 2.37. The van der Waals surface area contributed by atoms with E-state index >= 15 is 0 Å². The van der Waals surface area contributed by atoms with Gasteiger partial charge in [-0.3, -0.25) is 0 Å². The van der Waals surface area contributed by atoms with E-state index in [1.54, 1.807) is 30.3 Å². The predicted octanol–water partition coefficient (Wildman–Crippen LogP) is 4.38. The van der Waals surface area contributed by atoms with E-state index in [2.05, 4.69) is 0 Å². The summed E-state index contributed by atoms with van der Waals surface area (Å²) in [5.41, 5.74) is 0.187. The van der Waals surface area contributed by atoms with Crippen molar-refractivity contribution < 1.29 is 27.1 Å². The van der Waals surface area contributed by atoms with Crippen LogP contribution >= 0.6 is 0 Å². The van der Waals surface area contributed by atoms with Crippen molar-refractivity contribution in [1.29, 1.82) is 0 Å². The minimum atomic E-state index is -5.83. The van der Waals surface area contributed by atoms with Crippen LogP contribution in [0.25, 0.3) is 10.8 Å². The molecule has 0 amide bonds. The Morgan fingerprint density at radius 1 is 0.900 bits per heavy atom. The van der Waals surface area contributed by atoms with Crippen molar-refractivity contribution in [3.8, 4) is 0 Å². The lowest BCUT2D eigenvalue weighted by molar-refractivity contribution is -0.319. The zero-order valence-corrected chi connectivity index (χ0v) is 10.1. The van der Waals surface area contributed by atoms with Gasteiger partial charge < -0.3 is 0 Å². The molecule has 0 aliphatic rings. The molecule has 0 saturated heterocycles. The molecule has 2 aromatic carbocycles. The Morgan fingerprint density at radius 3 is 2.15 bits per heavy atom. The quantitative estimate of drug-likeness (QED) is 0.747. The van der Waals surface area contributed by atoms with Gasteiger partial charge in [0.05, 0.1) is 0 Å². The van der Waals surface area contributed by atoms with E-state index in [4.69, 9.17) is 0 Å². The number of fused-ring (bicyclic) bond motifs is 1. The van der Waals surface area contributed by atoms with Gasteiger partial charge in [-0.15, -0.1) is 0 Å². The molecule has 0 bridgehead atoms. The van der Waals surface area contributed by atoms with Crippen LogP contribution in [0.3, 0.4) is 0 Å². The van der Waals surface area contributed by atoms with Crippen LogP contribution in [0.15, 0.2) is 42.5 Å². The number of rotatable bonds is 3. The highest BCUT2D eigenvalue weighted by atomic mass is 19.4. The number of hydrogen-bond acceptors (Lipinski definition) is 0. The van der Waals surface area contributed by atoms with E-state index in [1.165, 1.54) is 12.1 Å². The highest BCUT2D eigenvalue weighted by Crippen LogP contribution is 2.39. The van der Waals surface area contributed by atoms with Crippen LogP contribution in [0.5, 0.6) is 0 Å². The van der Waals surface area contributed by atoms with Gasteiger partial charge >= 0.3 is 12.1 Å². The molecule has 107 valence electrons. The Morgan fingerprint density at radius 2 is 1.50 bits per heavy atom. The first kappa shape index (κ1) is 14.7. The van der Waals surface area contributed by atoms with Gasteiger partial charge in [-0.05, 0) is 16.3 Å². The van der Waals surface area contributed by atoms with Crippen LogP contribution in [0, 0.1) is 0 Å². The van der Waals surface area contributed by atoms with Crippen molar-refractivity contribution >= 4 is 10.8 Å². The third-order valence-corrected chi connectivity index (χ3v) is 3.07. The van der Waals surface area contributed by atoms with Gasteiger partial charge in [-0.25, -0.2) is 5.11 Å². The first-order valence-corrected chi connectivity index (χ1v) is 5.80. The zero-order chi connectivity index (χ0) is 15.0. The largest absolute Gasteiger partial charge is 0.456 e. The molecule has 0 heterocycles. The van der Waals surface area contributed by atoms with Crippen LogP contribution in [-0.2, 0) is 11.5 Å². The molecule has 0 fully saturated rings. The molecule has 1 atom stereocenters. The van der Waals surface area contributed by atoms with Crippen LogP contribution < -0.4 is 0 Å². The second-order valence-electron chi connectivity index (χ2n) is 4.45. The molecule has 6 heteroatoms. The van der Waals surface area contributed by atoms with E-state index < -0.39 is 24.6 Å². The summed E-state index contributed by atoms with van der Waals surface area (Å²) in [5, 5.41) is 12.5. The molecule has 20 heavy (non-hydrogen) atoms. The summed E-state index contributed by atoms with van der Waals surface area (Å²) in [6, 6.07) is 11.2. The molecule has 0 N–H and O–H groups in total. The van der Waals surface area contributed by atoms with E-state index in [0.29, 0.717) is 10.8 Å². The summed E-state index contributed by atoms with van der Waals surface area (Å²) in [6.45, 7) is 0. The second kappa shape index (κ2) is 5.01. The van der Waals surface area contributed by atoms with Crippen LogP contribution in [0.1, 0.15) is 5.56 Å². The fourth-order valence-electron chi connectivity index (χ4n) is 1.98. The monoisotopic (exact) mass is 289 g/mol. The van der Waals surface area contributed by atoms with E-state index in [-0.39, 0.29) is 5.56 Å². The van der Waals surface area contributed by atoms with Gasteiger partial charge in [-0.1, -0.05) is 42.5 Å². The summed E-state index contributed by atoms with van der Waals surface area (Å²) in [5.74, 6) is -5.25. The number of alkyl halides is 5. The second-order valence-corrected chi connectivity index (χ2v) is 4.45. The highest BCUT2D eigenvalue weighted by Gasteiger charge is 2.62. The maximum Gasteiger partial charge on any atom is 0.456 e. The number of hydrogen-bond donors (Lipinski definition) is 0. The fourth-order valence-corrected chi connectivity index (χ4v) is 1.98. The Balaban J connectivity index is 2.33. The normalized spacial score (nSPS) is 14.5. The lowest BCUT2D eigenvalue weighted by atomic mass is 9.97. The van der Waals surface area contributed by atoms with E-state index in [1.807, 2.05) is 0 Å². The van der Waals surface area contributed by atoms with E-state index in [9.17, 15) is 27.1 Å². The van der Waals surface area contributed by atoms with Crippen molar-refractivity contribution in [2.45, 2.75) is 24.6 Å². The molecule has 2 rings (SSSR count). The SMILES string of the molecule is [O]C(Cc1cccc2ccccc12)C(F)(F)C(F)(F)F. The van der Waals surface area contributed by atoms with Gasteiger partial charge in [0.2, 0.25) is 0 Å². The highest BCUT2D eigenvalue weighted by molar-refractivity contribution is 5.85. The average molecular weight is 289 g/mol. The van der Waals surface area contributed by atoms with Crippen LogP contribution in [0.2, 0.25) is 0 Å². The standard InChI is InChI=1S/C14H10F5O/c15-13(16,14(17,18)19)12(20)8-10-6-3-5-9-4-1-2-7-11(9)10/h1-7,12H,8H2. The Bertz CT molecular complexity index is 601. The molecule has 0 aliphatic carbocycles. The zero-order valence-electron chi connectivity index (χ0n) is 10.1. The van der Waals surface area contributed by atoms with Crippen molar-refractivity contribution in [1.82, 2.24) is 0 Å². The molecular weight excluding hydrogens is 279 g/mol. The van der Waals surface area contributed by atoms with E-state index in [0.717, 1.165) is 0 Å². The Labute approximate surface area is 111 Å². The Hall–Kier alpha value is -1.69. The Kier molecular flexibility index (Phi) is 3.69. The van der Waals surface area contributed by atoms with Crippen molar-refractivity contribution in [2.75, 3.05) is 0 Å². The van der Waals surface area contributed by atoms with Gasteiger partial charge in [0.25, 0.3) is 0 Å². The first-order chi connectivity index (χ1) is 9.23. The lowest BCUT2D eigenvalue weighted by Crippen LogP contribution is -2.47. The summed E-state index contributed by atoms with van der Waals surface area (Å²) in [6.07, 6.45) is -9.77. The predicted molar refractivity (Wildman–Crippen MR) is 63.1 cm³/mol. The van der Waals surface area contributed by atoms with Gasteiger partial charge in [0, 0.05) is 6.42 Å². The molecule has 0 spiro atoms. The van der Waals surface area contributed by atoms with Crippen molar-refractivity contribution in [2.24, 2.45) is 0 Å².